The predicted octanol–water partition coefficient (Wildman–Crippen LogP) is 3.60. The Hall–Kier alpha value is -0.790. The van der Waals surface area contributed by atoms with Gasteiger partial charge < -0.3 is 5.32 Å². The van der Waals surface area contributed by atoms with Gasteiger partial charge in [-0.2, -0.15) is 13.2 Å². The molecule has 21 heavy (non-hydrogen) atoms. The van der Waals surface area contributed by atoms with Gasteiger partial charge in [0.15, 0.2) is 0 Å². The molecular formula is C14H18F4N2S. The van der Waals surface area contributed by atoms with Gasteiger partial charge in [-0.15, -0.1) is 0 Å². The smallest absolute Gasteiger partial charge is 0.314 e. The van der Waals surface area contributed by atoms with Gasteiger partial charge >= 0.3 is 5.51 Å². The molecule has 0 bridgehead atoms. The number of nitrogens with one attached hydrogen (secondary N) is 1. The highest BCUT2D eigenvalue weighted by Gasteiger charge is 2.29. The highest BCUT2D eigenvalue weighted by atomic mass is 32.2. The van der Waals surface area contributed by atoms with Crippen LogP contribution < -0.4 is 5.32 Å². The van der Waals surface area contributed by atoms with Gasteiger partial charge in [0.25, 0.3) is 0 Å². The van der Waals surface area contributed by atoms with Crippen LogP contribution in [0.25, 0.3) is 0 Å². The zero-order valence-electron chi connectivity index (χ0n) is 11.5. The molecule has 7 heteroatoms. The Bertz CT molecular complexity index is 430. The molecule has 0 spiro atoms. The second kappa shape index (κ2) is 7.47. The zero-order valence-corrected chi connectivity index (χ0v) is 12.3. The second-order valence-electron chi connectivity index (χ2n) is 4.90. The van der Waals surface area contributed by atoms with Crippen molar-refractivity contribution in [3.63, 3.8) is 0 Å². The molecule has 1 aromatic rings. The van der Waals surface area contributed by atoms with Crippen molar-refractivity contribution in [3.05, 3.63) is 29.8 Å². The fraction of sp³-hybridized carbons (Fsp3) is 0.571. The van der Waals surface area contributed by atoms with Crippen LogP contribution in [0.15, 0.2) is 29.2 Å². The summed E-state index contributed by atoms with van der Waals surface area (Å²) in [5.74, 6) is 0. The molecule has 118 valence electrons. The fourth-order valence-electron chi connectivity index (χ4n) is 2.55. The van der Waals surface area contributed by atoms with Crippen molar-refractivity contribution in [2.45, 2.75) is 22.9 Å². The number of nitrogens with zero attached hydrogens (tertiary/aromatic N) is 1. The first kappa shape index (κ1) is 16.6. The third-order valence-corrected chi connectivity index (χ3v) is 4.21. The summed E-state index contributed by atoms with van der Waals surface area (Å²) < 4.78 is 49.7. The number of alkyl halides is 4. The van der Waals surface area contributed by atoms with E-state index in [1.807, 2.05) is 0 Å². The summed E-state index contributed by atoms with van der Waals surface area (Å²) in [7, 11) is 0. The molecule has 2 nitrogen and oxygen atoms in total. The molecule has 0 aliphatic carbocycles. The molecule has 1 heterocycles. The summed E-state index contributed by atoms with van der Waals surface area (Å²) in [5.41, 5.74) is -3.40. The van der Waals surface area contributed by atoms with Crippen molar-refractivity contribution >= 4 is 11.8 Å². The number of thioether (sulfide) groups is 1. The standard InChI is InChI=1S/C14H18F4N2S/c15-6-5-13(20-9-7-19-8-10-20)11-1-3-12(4-2-11)21-14(16,17)18/h1-4,13,19H,5-10H2/t13-/m1/s1. The third kappa shape index (κ3) is 5.16. The van der Waals surface area contributed by atoms with Gasteiger partial charge in [-0.1, -0.05) is 12.1 Å². The first-order valence-corrected chi connectivity index (χ1v) is 7.68. The minimum absolute atomic E-state index is 0.0676. The van der Waals surface area contributed by atoms with E-state index in [1.165, 1.54) is 12.1 Å². The largest absolute Gasteiger partial charge is 0.446 e. The van der Waals surface area contributed by atoms with Crippen molar-refractivity contribution < 1.29 is 17.6 Å². The van der Waals surface area contributed by atoms with Crippen molar-refractivity contribution in [1.82, 2.24) is 10.2 Å². The molecule has 1 aliphatic rings. The van der Waals surface area contributed by atoms with E-state index in [0.717, 1.165) is 31.7 Å². The molecule has 0 unspecified atom stereocenters. The number of halogens is 4. The number of piperazine rings is 1. The molecule has 1 N–H and O–H groups in total. The minimum atomic E-state index is -4.28. The Balaban J connectivity index is 2.09. The first-order chi connectivity index (χ1) is 9.99. The van der Waals surface area contributed by atoms with Crippen LogP contribution in [0.3, 0.4) is 0 Å². The Morgan fingerprint density at radius 2 is 1.76 bits per heavy atom. The molecule has 1 saturated heterocycles. The summed E-state index contributed by atoms with van der Waals surface area (Å²) in [6.45, 7) is 2.91. The average Bonchev–Trinajstić information content (AvgIpc) is 2.45. The van der Waals surface area contributed by atoms with E-state index in [4.69, 9.17) is 0 Å². The molecule has 1 atom stereocenters. The third-order valence-electron chi connectivity index (χ3n) is 3.47. The number of hydrogen-bond donors (Lipinski definition) is 1. The van der Waals surface area contributed by atoms with E-state index < -0.39 is 12.2 Å². The predicted molar refractivity (Wildman–Crippen MR) is 76.1 cm³/mol. The van der Waals surface area contributed by atoms with Gasteiger partial charge in [-0.05, 0) is 35.9 Å². The van der Waals surface area contributed by atoms with Crippen molar-refractivity contribution in [2.24, 2.45) is 0 Å². The molecule has 2 rings (SSSR count). The van der Waals surface area contributed by atoms with Crippen molar-refractivity contribution in [2.75, 3.05) is 32.9 Å². The Morgan fingerprint density at radius 1 is 1.14 bits per heavy atom. The Kier molecular flexibility index (Phi) is 5.89. The van der Waals surface area contributed by atoms with Gasteiger partial charge in [0.05, 0.1) is 6.67 Å². The molecule has 0 saturated carbocycles. The van der Waals surface area contributed by atoms with Crippen LogP contribution in [0.4, 0.5) is 17.6 Å². The lowest BCUT2D eigenvalue weighted by molar-refractivity contribution is -0.0328. The first-order valence-electron chi connectivity index (χ1n) is 6.86. The van der Waals surface area contributed by atoms with Crippen molar-refractivity contribution in [3.8, 4) is 0 Å². The summed E-state index contributed by atoms with van der Waals surface area (Å²) in [6.07, 6.45) is 0.367. The van der Waals surface area contributed by atoms with Gasteiger partial charge in [-0.3, -0.25) is 9.29 Å². The van der Waals surface area contributed by atoms with Gasteiger partial charge in [-0.25, -0.2) is 0 Å². The van der Waals surface area contributed by atoms with Crippen LogP contribution in [0.1, 0.15) is 18.0 Å². The van der Waals surface area contributed by atoms with Crippen LogP contribution in [0.2, 0.25) is 0 Å². The average molecular weight is 322 g/mol. The molecule has 1 aromatic carbocycles. The van der Waals surface area contributed by atoms with Crippen LogP contribution >= 0.6 is 11.8 Å². The summed E-state index contributed by atoms with van der Waals surface area (Å²) in [4.78, 5) is 2.34. The van der Waals surface area contributed by atoms with Gasteiger partial charge in [0.1, 0.15) is 0 Å². The number of hydrogen-bond acceptors (Lipinski definition) is 3. The Morgan fingerprint density at radius 3 is 2.29 bits per heavy atom. The highest BCUT2D eigenvalue weighted by Crippen LogP contribution is 2.37. The lowest BCUT2D eigenvalue weighted by Gasteiger charge is -2.35. The Labute approximate surface area is 125 Å². The maximum atomic E-state index is 12.8. The van der Waals surface area contributed by atoms with E-state index in [0.29, 0.717) is 6.42 Å². The normalized spacial score (nSPS) is 18.7. The zero-order chi connectivity index (χ0) is 15.3. The van der Waals surface area contributed by atoms with Gasteiger partial charge in [0, 0.05) is 37.1 Å². The lowest BCUT2D eigenvalue weighted by Crippen LogP contribution is -2.45. The van der Waals surface area contributed by atoms with E-state index in [1.54, 1.807) is 12.1 Å². The molecule has 1 aliphatic heterocycles. The van der Waals surface area contributed by atoms with Crippen LogP contribution in [-0.4, -0.2) is 43.3 Å². The SMILES string of the molecule is FCC[C@H](c1ccc(SC(F)(F)F)cc1)N1CCNCC1. The monoisotopic (exact) mass is 322 g/mol. The van der Waals surface area contributed by atoms with Crippen LogP contribution in [0.5, 0.6) is 0 Å². The van der Waals surface area contributed by atoms with Gasteiger partial charge in [0.2, 0.25) is 0 Å². The fourth-order valence-corrected chi connectivity index (χ4v) is 3.09. The lowest BCUT2D eigenvalue weighted by atomic mass is 10.0. The molecule has 0 radical (unpaired) electrons. The van der Waals surface area contributed by atoms with E-state index >= 15 is 0 Å². The van der Waals surface area contributed by atoms with E-state index in [9.17, 15) is 17.6 Å². The molecule has 0 aromatic heterocycles. The molecule has 1 fully saturated rings. The summed E-state index contributed by atoms with van der Waals surface area (Å²) in [5, 5.41) is 3.23. The van der Waals surface area contributed by atoms with E-state index in [-0.39, 0.29) is 22.7 Å². The number of rotatable bonds is 5. The van der Waals surface area contributed by atoms with E-state index in [2.05, 4.69) is 10.2 Å². The van der Waals surface area contributed by atoms with Crippen LogP contribution in [0, 0.1) is 0 Å². The minimum Gasteiger partial charge on any atom is -0.314 e. The maximum absolute atomic E-state index is 12.8. The summed E-state index contributed by atoms with van der Waals surface area (Å²) >= 11 is -0.128. The maximum Gasteiger partial charge on any atom is 0.446 e. The second-order valence-corrected chi connectivity index (χ2v) is 6.03. The topological polar surface area (TPSA) is 15.3 Å². The van der Waals surface area contributed by atoms with Crippen molar-refractivity contribution in [1.29, 1.82) is 0 Å². The van der Waals surface area contributed by atoms with Crippen LogP contribution in [-0.2, 0) is 0 Å². The molecular weight excluding hydrogens is 304 g/mol. The summed E-state index contributed by atoms with van der Waals surface area (Å²) in [6, 6.07) is 6.20. The number of benzene rings is 1. The quantitative estimate of drug-likeness (QED) is 0.659. The molecule has 0 amide bonds. The highest BCUT2D eigenvalue weighted by molar-refractivity contribution is 8.00.